The monoisotopic (exact) mass is 524 g/mol. The number of para-hydroxylation sites is 1. The van der Waals surface area contributed by atoms with Crippen molar-refractivity contribution in [3.63, 3.8) is 0 Å². The van der Waals surface area contributed by atoms with Gasteiger partial charge >= 0.3 is 11.9 Å². The van der Waals surface area contributed by atoms with E-state index in [-0.39, 0.29) is 18.8 Å². The number of anilines is 1. The minimum absolute atomic E-state index is 0.0996. The molecule has 8 nitrogen and oxygen atoms in total. The number of amides is 1. The predicted molar refractivity (Wildman–Crippen MR) is 142 cm³/mol. The van der Waals surface area contributed by atoms with Crippen molar-refractivity contribution in [1.29, 1.82) is 0 Å². The molecule has 2 aromatic carbocycles. The van der Waals surface area contributed by atoms with E-state index in [2.05, 4.69) is 10.9 Å². The summed E-state index contributed by atoms with van der Waals surface area (Å²) < 4.78 is 22.6. The van der Waals surface area contributed by atoms with E-state index in [1.165, 1.54) is 20.3 Å². The number of benzene rings is 2. The number of rotatable bonds is 10. The topological polar surface area (TPSA) is 111 Å². The van der Waals surface area contributed by atoms with Gasteiger partial charge in [0.15, 0.2) is 5.41 Å². The van der Waals surface area contributed by atoms with Crippen LogP contribution in [0.3, 0.4) is 0 Å². The number of esters is 2. The van der Waals surface area contributed by atoms with Gasteiger partial charge in [0.2, 0.25) is 0 Å². The SMILES string of the molecule is COC(=O)C1(C(=O)OC)C/C(=C/CCS(=O)c2ccc(C)cc2)C(/C=C/C(=O)NNc2ccccc2)C1. The van der Waals surface area contributed by atoms with Crippen LogP contribution < -0.4 is 10.9 Å². The van der Waals surface area contributed by atoms with Crippen LogP contribution in [0.2, 0.25) is 0 Å². The Morgan fingerprint density at radius 3 is 2.30 bits per heavy atom. The highest BCUT2D eigenvalue weighted by Crippen LogP contribution is 2.48. The van der Waals surface area contributed by atoms with Gasteiger partial charge in [0.05, 0.1) is 30.7 Å². The van der Waals surface area contributed by atoms with E-state index >= 15 is 0 Å². The first-order chi connectivity index (χ1) is 17.8. The first kappa shape index (κ1) is 27.9. The Kier molecular flexibility index (Phi) is 9.79. The lowest BCUT2D eigenvalue weighted by molar-refractivity contribution is -0.168. The van der Waals surface area contributed by atoms with Gasteiger partial charge in [0.25, 0.3) is 5.91 Å². The number of ether oxygens (including phenoxy) is 2. The zero-order chi connectivity index (χ0) is 26.8. The summed E-state index contributed by atoms with van der Waals surface area (Å²) in [4.78, 5) is 38.6. The van der Waals surface area contributed by atoms with E-state index in [1.54, 1.807) is 6.08 Å². The zero-order valence-electron chi connectivity index (χ0n) is 21.2. The van der Waals surface area contributed by atoms with Crippen LogP contribution in [0.15, 0.2) is 83.3 Å². The molecule has 1 aliphatic rings. The molecule has 0 aliphatic heterocycles. The predicted octanol–water partition coefficient (Wildman–Crippen LogP) is 3.86. The van der Waals surface area contributed by atoms with Crippen LogP contribution in [0.5, 0.6) is 0 Å². The van der Waals surface area contributed by atoms with Crippen molar-refractivity contribution in [1.82, 2.24) is 5.43 Å². The lowest BCUT2D eigenvalue weighted by Crippen LogP contribution is -2.39. The molecule has 1 saturated carbocycles. The molecule has 9 heteroatoms. The fraction of sp³-hybridized carbons (Fsp3) is 0.321. The quantitative estimate of drug-likeness (QED) is 0.160. The summed E-state index contributed by atoms with van der Waals surface area (Å²) in [5, 5.41) is 0. The van der Waals surface area contributed by atoms with Crippen LogP contribution in [0, 0.1) is 18.3 Å². The molecule has 0 aromatic heterocycles. The van der Waals surface area contributed by atoms with Crippen molar-refractivity contribution in [3.05, 3.63) is 84.0 Å². The van der Waals surface area contributed by atoms with Gasteiger partial charge in [-0.15, -0.1) is 0 Å². The van der Waals surface area contributed by atoms with E-state index in [0.717, 1.165) is 21.7 Å². The summed E-state index contributed by atoms with van der Waals surface area (Å²) in [5.41, 5.74) is 6.51. The lowest BCUT2D eigenvalue weighted by Gasteiger charge is -2.22. The Labute approximate surface area is 219 Å². The maximum absolute atomic E-state index is 12.7. The van der Waals surface area contributed by atoms with Crippen molar-refractivity contribution < 1.29 is 28.1 Å². The molecule has 3 rings (SSSR count). The molecular weight excluding hydrogens is 492 g/mol. The van der Waals surface area contributed by atoms with Gasteiger partial charge in [-0.3, -0.25) is 29.4 Å². The summed E-state index contributed by atoms with van der Waals surface area (Å²) in [6, 6.07) is 16.7. The standard InChI is InChI=1S/C28H32N2O6S/c1-20-11-14-24(15-12-20)37(34)17-7-8-21-18-28(26(32)35-2,27(33)36-3)19-22(21)13-16-25(31)30-29-23-9-5-4-6-10-23/h4-6,8-16,22,29H,7,17-19H2,1-3H3,(H,30,31)/b16-13+,21-8-. The number of nitrogens with one attached hydrogen (secondary N) is 2. The van der Waals surface area contributed by atoms with Gasteiger partial charge < -0.3 is 9.47 Å². The van der Waals surface area contributed by atoms with E-state index in [0.29, 0.717) is 12.2 Å². The van der Waals surface area contributed by atoms with Crippen LogP contribution in [-0.4, -0.2) is 42.0 Å². The summed E-state index contributed by atoms with van der Waals surface area (Å²) in [5.74, 6) is -1.75. The Balaban J connectivity index is 1.75. The second-order valence-corrected chi connectivity index (χ2v) is 10.4. The smallest absolute Gasteiger partial charge is 0.323 e. The Bertz CT molecular complexity index is 1170. The van der Waals surface area contributed by atoms with Crippen molar-refractivity contribution in [3.8, 4) is 0 Å². The Hall–Kier alpha value is -3.72. The molecule has 37 heavy (non-hydrogen) atoms. The number of aryl methyl sites for hydroxylation is 1. The van der Waals surface area contributed by atoms with Crippen molar-refractivity contribution in [2.24, 2.45) is 11.3 Å². The van der Waals surface area contributed by atoms with Gasteiger partial charge in [-0.2, -0.15) is 0 Å². The second kappa shape index (κ2) is 13.0. The van der Waals surface area contributed by atoms with E-state index < -0.39 is 34.1 Å². The van der Waals surface area contributed by atoms with Gasteiger partial charge in [-0.05, 0) is 56.4 Å². The number of carbonyl (C=O) groups excluding carboxylic acids is 3. The van der Waals surface area contributed by atoms with Gasteiger partial charge in [0.1, 0.15) is 0 Å². The van der Waals surface area contributed by atoms with Crippen LogP contribution in [0.4, 0.5) is 5.69 Å². The maximum atomic E-state index is 12.7. The third kappa shape index (κ3) is 7.16. The number of hydrogen-bond acceptors (Lipinski definition) is 7. The minimum atomic E-state index is -1.50. The molecule has 0 bridgehead atoms. The van der Waals surface area contributed by atoms with Crippen LogP contribution in [0.25, 0.3) is 0 Å². The van der Waals surface area contributed by atoms with Crippen molar-refractivity contribution >= 4 is 34.3 Å². The van der Waals surface area contributed by atoms with E-state index in [4.69, 9.17) is 9.47 Å². The third-order valence-corrected chi connectivity index (χ3v) is 7.68. The molecule has 0 spiro atoms. The highest BCUT2D eigenvalue weighted by atomic mass is 32.2. The van der Waals surface area contributed by atoms with Crippen LogP contribution in [0.1, 0.15) is 24.8 Å². The minimum Gasteiger partial charge on any atom is -0.468 e. The molecule has 0 radical (unpaired) electrons. The van der Waals surface area contributed by atoms with Crippen LogP contribution in [-0.2, 0) is 34.7 Å². The zero-order valence-corrected chi connectivity index (χ0v) is 22.0. The number of hydrazine groups is 1. The second-order valence-electron chi connectivity index (χ2n) is 8.82. The number of allylic oxidation sites excluding steroid dienone is 3. The molecule has 1 aliphatic carbocycles. The largest absolute Gasteiger partial charge is 0.468 e. The average Bonchev–Trinajstić information content (AvgIpc) is 3.30. The number of hydrogen-bond donors (Lipinski definition) is 2. The van der Waals surface area contributed by atoms with E-state index in [9.17, 15) is 18.6 Å². The first-order valence-corrected chi connectivity index (χ1v) is 13.2. The number of methoxy groups -OCH3 is 2. The first-order valence-electron chi connectivity index (χ1n) is 11.9. The maximum Gasteiger partial charge on any atom is 0.323 e. The molecule has 0 saturated heterocycles. The molecule has 0 heterocycles. The summed E-state index contributed by atoms with van der Waals surface area (Å²) >= 11 is 0. The Morgan fingerprint density at radius 2 is 1.68 bits per heavy atom. The van der Waals surface area contributed by atoms with Gasteiger partial charge in [-0.1, -0.05) is 53.6 Å². The molecule has 2 aromatic rings. The third-order valence-electron chi connectivity index (χ3n) is 6.28. The summed E-state index contributed by atoms with van der Waals surface area (Å²) in [6.07, 6.45) is 5.61. The molecule has 2 unspecified atom stereocenters. The van der Waals surface area contributed by atoms with Gasteiger partial charge in [-0.25, -0.2) is 0 Å². The molecule has 1 fully saturated rings. The molecule has 1 amide bonds. The summed E-state index contributed by atoms with van der Waals surface area (Å²) in [7, 11) is 1.27. The molecular formula is C28H32N2O6S. The average molecular weight is 525 g/mol. The highest BCUT2D eigenvalue weighted by molar-refractivity contribution is 7.85. The molecule has 2 N–H and O–H groups in total. The fourth-order valence-electron chi connectivity index (χ4n) is 4.32. The van der Waals surface area contributed by atoms with Crippen molar-refractivity contribution in [2.75, 3.05) is 25.4 Å². The highest BCUT2D eigenvalue weighted by Gasteiger charge is 2.54. The molecule has 2 atom stereocenters. The molecule has 196 valence electrons. The summed E-state index contributed by atoms with van der Waals surface area (Å²) in [6.45, 7) is 1.97. The van der Waals surface area contributed by atoms with Crippen LogP contribution >= 0.6 is 0 Å². The number of carbonyl (C=O) groups is 3. The lowest BCUT2D eigenvalue weighted by atomic mass is 9.85. The van der Waals surface area contributed by atoms with Gasteiger partial charge in [0, 0.05) is 16.7 Å². The van der Waals surface area contributed by atoms with Crippen molar-refractivity contribution in [2.45, 2.75) is 31.1 Å². The Morgan fingerprint density at radius 1 is 1.03 bits per heavy atom. The normalized spacial score (nSPS) is 18.4. The van der Waals surface area contributed by atoms with E-state index in [1.807, 2.05) is 67.6 Å². The fourth-order valence-corrected chi connectivity index (χ4v) is 5.33.